The molecule has 2 aromatic carbocycles. The second-order valence-electron chi connectivity index (χ2n) is 4.61. The summed E-state index contributed by atoms with van der Waals surface area (Å²) in [6.07, 6.45) is 3.98. The van der Waals surface area contributed by atoms with E-state index in [0.29, 0.717) is 0 Å². The van der Waals surface area contributed by atoms with Crippen molar-refractivity contribution in [2.24, 2.45) is 0 Å². The fraction of sp³-hybridized carbons (Fsp3) is 0.0500. The monoisotopic (exact) mass is 324 g/mol. The predicted octanol–water partition coefficient (Wildman–Crippen LogP) is 4.00. The molecule has 3 heteroatoms. The van der Waals surface area contributed by atoms with Crippen molar-refractivity contribution in [3.8, 4) is 0 Å². The average Bonchev–Trinajstić information content (AvgIpc) is 2.58. The molecule has 0 atom stereocenters. The van der Waals surface area contributed by atoms with Crippen molar-refractivity contribution in [3.63, 3.8) is 0 Å². The average molecular weight is 324 g/mol. The lowest BCUT2D eigenvalue weighted by Gasteiger charge is -1.87. The topological polar surface area (TPSA) is 37.3 Å². The van der Waals surface area contributed by atoms with Crippen molar-refractivity contribution >= 4 is 28.4 Å². The van der Waals surface area contributed by atoms with Gasteiger partial charge >= 0.3 is 5.97 Å². The van der Waals surface area contributed by atoms with Crippen molar-refractivity contribution in [2.75, 3.05) is 0 Å². The van der Waals surface area contributed by atoms with E-state index < -0.39 is 5.97 Å². The van der Waals surface area contributed by atoms with Crippen molar-refractivity contribution in [2.45, 2.75) is 6.92 Å². The van der Waals surface area contributed by atoms with Crippen LogP contribution >= 0.6 is 0 Å². The van der Waals surface area contributed by atoms with Crippen molar-refractivity contribution in [1.29, 1.82) is 0 Å². The highest BCUT2D eigenvalue weighted by Crippen LogP contribution is 1.99. The lowest BCUT2D eigenvalue weighted by molar-refractivity contribution is -0.132. The van der Waals surface area contributed by atoms with E-state index in [9.17, 15) is 4.79 Å². The molecular formula is C20H24O2Si. The summed E-state index contributed by atoms with van der Waals surface area (Å²) in [5.41, 5.74) is 4.82. The van der Waals surface area contributed by atoms with Gasteiger partial charge in [0.2, 0.25) is 0 Å². The molecule has 23 heavy (non-hydrogen) atoms. The van der Waals surface area contributed by atoms with E-state index in [1.807, 2.05) is 42.5 Å². The molecule has 120 valence electrons. The Hall–Kier alpha value is -2.65. The Balaban J connectivity index is 0.000000323. The molecule has 2 aromatic rings. The molecule has 0 aliphatic heterocycles. The smallest absolute Gasteiger partial charge is 0.330 e. The maximum absolute atomic E-state index is 9.60. The van der Waals surface area contributed by atoms with E-state index in [1.165, 1.54) is 18.1 Å². The van der Waals surface area contributed by atoms with Gasteiger partial charge in [-0.05, 0) is 18.1 Å². The van der Waals surface area contributed by atoms with Crippen molar-refractivity contribution < 1.29 is 9.90 Å². The van der Waals surface area contributed by atoms with Gasteiger partial charge in [0.05, 0.1) is 0 Å². The number of hydrogen-bond donors (Lipinski definition) is 1. The molecule has 0 saturated heterocycles. The Morgan fingerprint density at radius 2 is 1.39 bits per heavy atom. The van der Waals surface area contributed by atoms with Crippen LogP contribution in [0.1, 0.15) is 18.1 Å². The molecule has 0 saturated carbocycles. The highest BCUT2D eigenvalue weighted by Gasteiger charge is 1.90. The molecule has 0 aromatic heterocycles. The lowest BCUT2D eigenvalue weighted by atomic mass is 10.2. The second-order valence-corrected chi connectivity index (χ2v) is 5.28. The van der Waals surface area contributed by atoms with E-state index in [2.05, 4.69) is 49.2 Å². The summed E-state index contributed by atoms with van der Waals surface area (Å²) in [5.74, 6) is -0.935. The number of carbonyl (C=O) groups is 1. The van der Waals surface area contributed by atoms with Gasteiger partial charge in [-0.2, -0.15) is 0 Å². The Bertz CT molecular complexity index is 605. The molecule has 0 spiro atoms. The zero-order valence-corrected chi connectivity index (χ0v) is 15.8. The Morgan fingerprint density at radius 1 is 1.00 bits per heavy atom. The van der Waals surface area contributed by atoms with Crippen LogP contribution in [-0.2, 0) is 4.79 Å². The first-order valence-corrected chi connectivity index (χ1v) is 8.40. The zero-order valence-electron chi connectivity index (χ0n) is 13.8. The van der Waals surface area contributed by atoms with E-state index in [-0.39, 0.29) is 5.57 Å². The Labute approximate surface area is 141 Å². The molecule has 0 amide bonds. The largest absolute Gasteiger partial charge is 0.478 e. The molecular weight excluding hydrogens is 300 g/mol. The SMILES string of the molecule is C=C(C)C(=O)O.C=Cc1ccccc1.[SiH3]C=Cc1ccccc1. The molecule has 1 N–H and O–H groups in total. The molecule has 0 unspecified atom stereocenters. The van der Waals surface area contributed by atoms with E-state index in [1.54, 1.807) is 0 Å². The predicted molar refractivity (Wildman–Crippen MR) is 104 cm³/mol. The van der Waals surface area contributed by atoms with Gasteiger partial charge in [0.1, 0.15) is 0 Å². The van der Waals surface area contributed by atoms with Crippen LogP contribution in [0.15, 0.2) is 85.1 Å². The van der Waals surface area contributed by atoms with Gasteiger partial charge in [-0.25, -0.2) is 4.79 Å². The number of benzene rings is 2. The van der Waals surface area contributed by atoms with Crippen molar-refractivity contribution in [1.82, 2.24) is 0 Å². The molecule has 2 nitrogen and oxygen atoms in total. The quantitative estimate of drug-likeness (QED) is 0.684. The molecule has 0 radical (unpaired) electrons. The summed E-state index contributed by atoms with van der Waals surface area (Å²) in [5, 5.41) is 7.89. The third kappa shape index (κ3) is 11.7. The van der Waals surface area contributed by atoms with Gasteiger partial charge in [0.15, 0.2) is 0 Å². The van der Waals surface area contributed by atoms with Gasteiger partial charge < -0.3 is 5.11 Å². The summed E-state index contributed by atoms with van der Waals surface area (Å²) < 4.78 is 0. The highest BCUT2D eigenvalue weighted by atomic mass is 28.1. The van der Waals surface area contributed by atoms with Gasteiger partial charge in [-0.15, -0.1) is 5.70 Å². The van der Waals surface area contributed by atoms with Gasteiger partial charge in [0, 0.05) is 15.8 Å². The summed E-state index contributed by atoms with van der Waals surface area (Å²) in [6.45, 7) is 8.23. The normalized spacial score (nSPS) is 9.09. The first-order chi connectivity index (χ1) is 11.0. The summed E-state index contributed by atoms with van der Waals surface area (Å²) in [7, 11) is 1.14. The molecule has 2 rings (SSSR count). The first kappa shape index (κ1) is 20.3. The van der Waals surface area contributed by atoms with Crippen LogP contribution in [0.4, 0.5) is 0 Å². The molecule has 0 heterocycles. The van der Waals surface area contributed by atoms with Gasteiger partial charge in [-0.3, -0.25) is 0 Å². The molecule has 0 aliphatic carbocycles. The number of carboxylic acid groups (broad SMARTS) is 1. The fourth-order valence-electron chi connectivity index (χ4n) is 1.35. The Kier molecular flexibility index (Phi) is 11.5. The minimum atomic E-state index is -0.935. The maximum Gasteiger partial charge on any atom is 0.330 e. The molecule has 0 aliphatic rings. The van der Waals surface area contributed by atoms with E-state index in [4.69, 9.17) is 5.11 Å². The lowest BCUT2D eigenvalue weighted by Crippen LogP contribution is -1.92. The van der Waals surface area contributed by atoms with Gasteiger partial charge in [-0.1, -0.05) is 86.0 Å². The van der Waals surface area contributed by atoms with E-state index >= 15 is 0 Å². The number of aliphatic carboxylic acids is 1. The summed E-state index contributed by atoms with van der Waals surface area (Å²) in [6, 6.07) is 20.4. The summed E-state index contributed by atoms with van der Waals surface area (Å²) >= 11 is 0. The summed E-state index contributed by atoms with van der Waals surface area (Å²) in [4.78, 5) is 9.60. The van der Waals surface area contributed by atoms with Crippen LogP contribution in [0, 0.1) is 0 Å². The van der Waals surface area contributed by atoms with Crippen molar-refractivity contribution in [3.05, 3.63) is 96.2 Å². The minimum absolute atomic E-state index is 0.176. The third-order valence-corrected chi connectivity index (χ3v) is 2.89. The standard InChI is InChI=1S/C8H10Si.C8H8.C4H6O2/c9-7-6-8-4-2-1-3-5-8;1-2-8-6-4-3-5-7-8;1-3(2)4(5)6/h1-7H,9H3;2-7H,1H2;1H2,2H3,(H,5,6). The number of hydrogen-bond acceptors (Lipinski definition) is 1. The number of rotatable bonds is 3. The van der Waals surface area contributed by atoms with Crippen LogP contribution in [-0.4, -0.2) is 21.3 Å². The maximum atomic E-state index is 9.60. The molecule has 0 fully saturated rings. The van der Waals surface area contributed by atoms with Crippen LogP contribution in [0.25, 0.3) is 12.2 Å². The van der Waals surface area contributed by atoms with E-state index in [0.717, 1.165) is 10.2 Å². The minimum Gasteiger partial charge on any atom is -0.478 e. The van der Waals surface area contributed by atoms with Crippen LogP contribution in [0.5, 0.6) is 0 Å². The first-order valence-electron chi connectivity index (χ1n) is 7.25. The van der Waals surface area contributed by atoms with Crippen LogP contribution < -0.4 is 0 Å². The van der Waals surface area contributed by atoms with Crippen LogP contribution in [0.2, 0.25) is 0 Å². The third-order valence-electron chi connectivity index (χ3n) is 2.56. The highest BCUT2D eigenvalue weighted by molar-refractivity contribution is 6.19. The number of carboxylic acids is 1. The van der Waals surface area contributed by atoms with Gasteiger partial charge in [0.25, 0.3) is 0 Å². The second kappa shape index (κ2) is 13.0. The fourth-order valence-corrected chi connectivity index (χ4v) is 1.73. The van der Waals surface area contributed by atoms with Crippen LogP contribution in [0.3, 0.4) is 0 Å². The zero-order chi connectivity index (χ0) is 17.5. The Morgan fingerprint density at radius 3 is 1.65 bits per heavy atom. The molecule has 0 bridgehead atoms.